The molecule has 9 nitrogen and oxygen atoms in total. The first kappa shape index (κ1) is 20.4. The third kappa shape index (κ3) is 3.91. The van der Waals surface area contributed by atoms with Crippen LogP contribution in [0.2, 0.25) is 0 Å². The zero-order chi connectivity index (χ0) is 22.1. The summed E-state index contributed by atoms with van der Waals surface area (Å²) in [5.74, 6) is 1.69. The molecule has 0 radical (unpaired) electrons. The van der Waals surface area contributed by atoms with Crippen molar-refractivity contribution >= 4 is 17.5 Å². The number of hydrogen-bond acceptors (Lipinski definition) is 7. The van der Waals surface area contributed by atoms with E-state index in [0.29, 0.717) is 24.4 Å². The smallest absolute Gasteiger partial charge is 0.230 e. The quantitative estimate of drug-likeness (QED) is 0.484. The number of hydrogen-bond donors (Lipinski definition) is 2. The summed E-state index contributed by atoms with van der Waals surface area (Å²) in [6.45, 7) is 6.57. The van der Waals surface area contributed by atoms with E-state index >= 15 is 0 Å². The molecule has 1 unspecified atom stereocenters. The Hall–Kier alpha value is -3.46. The number of para-hydroxylation sites is 1. The Morgan fingerprint density at radius 2 is 2.03 bits per heavy atom. The van der Waals surface area contributed by atoms with Gasteiger partial charge in [0.2, 0.25) is 11.9 Å². The molecule has 32 heavy (non-hydrogen) atoms. The molecule has 9 heteroatoms. The lowest BCUT2D eigenvalue weighted by molar-refractivity contribution is 0.499. The molecule has 1 aliphatic heterocycles. The highest BCUT2D eigenvalue weighted by Crippen LogP contribution is 2.25. The number of rotatable bonds is 6. The van der Waals surface area contributed by atoms with Crippen molar-refractivity contribution in [1.82, 2.24) is 29.4 Å². The van der Waals surface area contributed by atoms with Gasteiger partial charge in [-0.2, -0.15) is 24.7 Å². The molecule has 3 N–H and O–H groups in total. The van der Waals surface area contributed by atoms with Gasteiger partial charge in [-0.1, -0.05) is 32.0 Å². The summed E-state index contributed by atoms with van der Waals surface area (Å²) in [7, 11) is 0. The average molecular weight is 432 g/mol. The van der Waals surface area contributed by atoms with Crippen LogP contribution in [0.25, 0.3) is 11.3 Å². The molecule has 0 amide bonds. The molecule has 0 aliphatic carbocycles. The second-order valence-corrected chi connectivity index (χ2v) is 8.62. The lowest BCUT2D eigenvalue weighted by Gasteiger charge is -2.31. The Morgan fingerprint density at radius 1 is 1.16 bits per heavy atom. The van der Waals surface area contributed by atoms with E-state index in [2.05, 4.69) is 46.4 Å². The monoisotopic (exact) mass is 431 g/mol. The van der Waals surface area contributed by atoms with Crippen molar-refractivity contribution in [1.29, 1.82) is 0 Å². The lowest BCUT2D eigenvalue weighted by atomic mass is 10.1. The SMILES string of the molecule is CC(C)c1cnn2c(NCc3ccccc3-n3cccn3)nc(N3CCCC(N)C3)nc12. The van der Waals surface area contributed by atoms with E-state index in [1.165, 1.54) is 0 Å². The predicted octanol–water partition coefficient (Wildman–Crippen LogP) is 2.97. The number of aromatic nitrogens is 6. The molecule has 3 aromatic heterocycles. The fourth-order valence-electron chi connectivity index (χ4n) is 4.21. The van der Waals surface area contributed by atoms with Gasteiger partial charge in [0, 0.05) is 43.6 Å². The summed E-state index contributed by atoms with van der Waals surface area (Å²) in [5, 5.41) is 12.5. The first-order valence-corrected chi connectivity index (χ1v) is 11.2. The minimum Gasteiger partial charge on any atom is -0.350 e. The summed E-state index contributed by atoms with van der Waals surface area (Å²) < 4.78 is 3.68. The number of fused-ring (bicyclic) bond motifs is 1. The third-order valence-electron chi connectivity index (χ3n) is 5.93. The van der Waals surface area contributed by atoms with Crippen molar-refractivity contribution in [3.05, 3.63) is 60.0 Å². The van der Waals surface area contributed by atoms with E-state index < -0.39 is 0 Å². The van der Waals surface area contributed by atoms with Crippen molar-refractivity contribution in [2.45, 2.75) is 45.2 Å². The largest absolute Gasteiger partial charge is 0.350 e. The highest BCUT2D eigenvalue weighted by Gasteiger charge is 2.22. The fraction of sp³-hybridized carbons (Fsp3) is 0.391. The van der Waals surface area contributed by atoms with Crippen LogP contribution in [-0.4, -0.2) is 48.5 Å². The molecule has 4 aromatic rings. The number of nitrogens with two attached hydrogens (primary N) is 1. The maximum atomic E-state index is 6.23. The van der Waals surface area contributed by atoms with Gasteiger partial charge in [0.1, 0.15) is 0 Å². The number of piperidine rings is 1. The molecule has 1 aliphatic rings. The van der Waals surface area contributed by atoms with Crippen LogP contribution in [0.5, 0.6) is 0 Å². The van der Waals surface area contributed by atoms with E-state index in [-0.39, 0.29) is 6.04 Å². The van der Waals surface area contributed by atoms with Crippen LogP contribution in [-0.2, 0) is 6.54 Å². The molecule has 0 spiro atoms. The molecule has 5 rings (SSSR count). The van der Waals surface area contributed by atoms with Gasteiger partial charge in [-0.3, -0.25) is 0 Å². The first-order valence-electron chi connectivity index (χ1n) is 11.2. The van der Waals surface area contributed by atoms with Crippen LogP contribution in [0.1, 0.15) is 43.7 Å². The van der Waals surface area contributed by atoms with E-state index in [1.807, 2.05) is 35.3 Å². The maximum absolute atomic E-state index is 6.23. The summed E-state index contributed by atoms with van der Waals surface area (Å²) in [6.07, 6.45) is 7.71. The van der Waals surface area contributed by atoms with E-state index in [1.54, 1.807) is 10.7 Å². The van der Waals surface area contributed by atoms with E-state index in [4.69, 9.17) is 15.7 Å². The van der Waals surface area contributed by atoms with Crippen LogP contribution in [0.4, 0.5) is 11.9 Å². The molecule has 0 saturated carbocycles. The zero-order valence-electron chi connectivity index (χ0n) is 18.5. The van der Waals surface area contributed by atoms with Crippen molar-refractivity contribution < 1.29 is 0 Å². The summed E-state index contributed by atoms with van der Waals surface area (Å²) in [5.41, 5.74) is 10.3. The van der Waals surface area contributed by atoms with Crippen LogP contribution in [0.3, 0.4) is 0 Å². The van der Waals surface area contributed by atoms with Gasteiger partial charge in [-0.05, 0) is 36.5 Å². The second kappa shape index (κ2) is 8.58. The van der Waals surface area contributed by atoms with Crippen molar-refractivity contribution in [2.75, 3.05) is 23.3 Å². The summed E-state index contributed by atoms with van der Waals surface area (Å²) in [6, 6.07) is 10.3. The third-order valence-corrected chi connectivity index (χ3v) is 5.93. The van der Waals surface area contributed by atoms with Gasteiger partial charge in [-0.25, -0.2) is 4.68 Å². The van der Waals surface area contributed by atoms with E-state index in [9.17, 15) is 0 Å². The van der Waals surface area contributed by atoms with Gasteiger partial charge in [0.25, 0.3) is 0 Å². The minimum atomic E-state index is 0.149. The molecule has 1 fully saturated rings. The van der Waals surface area contributed by atoms with Crippen LogP contribution >= 0.6 is 0 Å². The van der Waals surface area contributed by atoms with Gasteiger partial charge < -0.3 is 16.0 Å². The molecular weight excluding hydrogens is 402 g/mol. The Labute approximate surface area is 187 Å². The number of anilines is 2. The van der Waals surface area contributed by atoms with Crippen LogP contribution in [0, 0.1) is 0 Å². The molecule has 166 valence electrons. The molecule has 1 atom stereocenters. The first-order chi connectivity index (χ1) is 15.6. The van der Waals surface area contributed by atoms with Crippen molar-refractivity contribution in [2.24, 2.45) is 5.73 Å². The van der Waals surface area contributed by atoms with E-state index in [0.717, 1.165) is 48.4 Å². The van der Waals surface area contributed by atoms with Crippen molar-refractivity contribution in [3.63, 3.8) is 0 Å². The number of nitrogens with one attached hydrogen (secondary N) is 1. The van der Waals surface area contributed by atoms with Gasteiger partial charge in [0.05, 0.1) is 11.9 Å². The maximum Gasteiger partial charge on any atom is 0.230 e. The zero-order valence-corrected chi connectivity index (χ0v) is 18.5. The molecule has 0 bridgehead atoms. The van der Waals surface area contributed by atoms with Crippen LogP contribution < -0.4 is 16.0 Å². The summed E-state index contributed by atoms with van der Waals surface area (Å²) >= 11 is 0. The Kier molecular flexibility index (Phi) is 5.48. The van der Waals surface area contributed by atoms with Crippen LogP contribution in [0.15, 0.2) is 48.9 Å². The number of benzene rings is 1. The molecular formula is C23H29N9. The topological polar surface area (TPSA) is 102 Å². The number of nitrogens with zero attached hydrogens (tertiary/aromatic N) is 7. The molecule has 4 heterocycles. The van der Waals surface area contributed by atoms with Gasteiger partial charge in [0.15, 0.2) is 5.65 Å². The molecule has 1 saturated heterocycles. The molecule has 1 aromatic carbocycles. The Bertz CT molecular complexity index is 1200. The standard InChI is InChI=1S/C23H29N9/c1-16(2)19-14-27-32-21(19)28-23(30-11-5-8-18(24)15-30)29-22(32)25-13-17-7-3-4-9-20(17)31-12-6-10-26-31/h3-4,6-7,9-10,12,14,16,18H,5,8,11,13,15,24H2,1-2H3,(H,25,28,29). The summed E-state index contributed by atoms with van der Waals surface area (Å²) in [4.78, 5) is 11.9. The van der Waals surface area contributed by atoms with Crippen molar-refractivity contribution in [3.8, 4) is 5.69 Å². The Balaban J connectivity index is 1.51. The van der Waals surface area contributed by atoms with Gasteiger partial charge >= 0.3 is 0 Å². The van der Waals surface area contributed by atoms with Gasteiger partial charge in [-0.15, -0.1) is 0 Å². The lowest BCUT2D eigenvalue weighted by Crippen LogP contribution is -2.43. The predicted molar refractivity (Wildman–Crippen MR) is 125 cm³/mol. The average Bonchev–Trinajstić information content (AvgIpc) is 3.48. The minimum absolute atomic E-state index is 0.149. The highest BCUT2D eigenvalue weighted by atomic mass is 15.4. The fourth-order valence-corrected chi connectivity index (χ4v) is 4.21. The second-order valence-electron chi connectivity index (χ2n) is 8.62. The Morgan fingerprint density at radius 3 is 2.81 bits per heavy atom. The normalized spacial score (nSPS) is 16.8. The highest BCUT2D eigenvalue weighted by molar-refractivity contribution is 5.56.